The van der Waals surface area contributed by atoms with Gasteiger partial charge in [0.15, 0.2) is 5.69 Å². The van der Waals surface area contributed by atoms with Crippen LogP contribution in [0.25, 0.3) is 0 Å². The van der Waals surface area contributed by atoms with Crippen LogP contribution in [0.1, 0.15) is 40.6 Å². The van der Waals surface area contributed by atoms with Gasteiger partial charge in [-0.1, -0.05) is 53.5 Å². The average Bonchev–Trinajstić information content (AvgIpc) is 3.11. The topological polar surface area (TPSA) is 84.9 Å². The fourth-order valence-corrected chi connectivity index (χ4v) is 5.55. The van der Waals surface area contributed by atoms with Crippen molar-refractivity contribution < 1.29 is 37.1 Å². The van der Waals surface area contributed by atoms with Gasteiger partial charge in [-0.25, -0.2) is 14.4 Å². The van der Waals surface area contributed by atoms with Gasteiger partial charge in [-0.2, -0.15) is 13.2 Å². The molecular weight excluding hydrogens is 610 g/mol. The van der Waals surface area contributed by atoms with Crippen molar-refractivity contribution in [2.24, 2.45) is 0 Å². The number of amides is 2. The Morgan fingerprint density at radius 3 is 2.23 bits per heavy atom. The van der Waals surface area contributed by atoms with Gasteiger partial charge in [0, 0.05) is 32.8 Å². The minimum absolute atomic E-state index is 0.0725. The van der Waals surface area contributed by atoms with Gasteiger partial charge in [-0.05, 0) is 67.0 Å². The molecule has 0 saturated carbocycles. The summed E-state index contributed by atoms with van der Waals surface area (Å²) in [5, 5.41) is 3.65. The number of rotatable bonds is 6. The summed E-state index contributed by atoms with van der Waals surface area (Å²) < 4.78 is 46.5. The van der Waals surface area contributed by atoms with Crippen LogP contribution in [-0.4, -0.2) is 54.6 Å². The summed E-state index contributed by atoms with van der Waals surface area (Å²) in [6.07, 6.45) is -6.52. The number of alkyl halides is 3. The SMILES string of the molecule is O=C(c1ccc(Cl)cc1)N1CC(=O)[N+](OC(=O)C(F)(F)F)(C(OC2CCNCC2)c2ccccc2)c2cc(Cl)ccc2C1. The van der Waals surface area contributed by atoms with E-state index < -0.39 is 47.5 Å². The highest BCUT2D eigenvalue weighted by molar-refractivity contribution is 6.31. The van der Waals surface area contributed by atoms with E-state index in [0.29, 0.717) is 31.0 Å². The lowest BCUT2D eigenvalue weighted by atomic mass is 10.1. The zero-order valence-corrected chi connectivity index (χ0v) is 24.2. The van der Waals surface area contributed by atoms with Crippen molar-refractivity contribution >= 4 is 46.7 Å². The second-order valence-electron chi connectivity index (χ2n) is 10.2. The first-order chi connectivity index (χ1) is 20.5. The molecular formula is C30H27Cl2F3N3O5+. The summed E-state index contributed by atoms with van der Waals surface area (Å²) in [6, 6.07) is 18.3. The normalized spacial score (nSPS) is 20.2. The Hall–Kier alpha value is -3.48. The summed E-state index contributed by atoms with van der Waals surface area (Å²) in [5.74, 6) is -4.22. The molecule has 1 fully saturated rings. The zero-order valence-electron chi connectivity index (χ0n) is 22.7. The molecule has 8 nitrogen and oxygen atoms in total. The van der Waals surface area contributed by atoms with E-state index in [1.54, 1.807) is 30.3 Å². The van der Waals surface area contributed by atoms with Crippen LogP contribution in [-0.2, 0) is 25.7 Å². The maximum atomic E-state index is 14.5. The Morgan fingerprint density at radius 1 is 0.930 bits per heavy atom. The van der Waals surface area contributed by atoms with Gasteiger partial charge in [0.25, 0.3) is 12.1 Å². The van der Waals surface area contributed by atoms with Crippen molar-refractivity contribution in [2.45, 2.75) is 37.9 Å². The number of fused-ring (bicyclic) bond motifs is 1. The third kappa shape index (κ3) is 6.56. The number of quaternary nitrogens is 1. The van der Waals surface area contributed by atoms with Crippen LogP contribution in [0.15, 0.2) is 72.8 Å². The van der Waals surface area contributed by atoms with Crippen molar-refractivity contribution in [2.75, 3.05) is 19.6 Å². The first kappa shape index (κ1) is 31.0. The number of carbonyl (C=O) groups is 3. The molecule has 2 aliphatic heterocycles. The third-order valence-corrected chi connectivity index (χ3v) is 7.81. The fraction of sp³-hybridized carbons (Fsp3) is 0.300. The van der Waals surface area contributed by atoms with Crippen LogP contribution in [0.3, 0.4) is 0 Å². The van der Waals surface area contributed by atoms with Crippen molar-refractivity contribution in [1.82, 2.24) is 14.9 Å². The number of benzene rings is 3. The van der Waals surface area contributed by atoms with Gasteiger partial charge in [0.1, 0.15) is 6.54 Å². The number of halogens is 5. The van der Waals surface area contributed by atoms with E-state index >= 15 is 0 Å². The first-order valence-electron chi connectivity index (χ1n) is 13.5. The maximum Gasteiger partial charge on any atom is 0.497 e. The number of hydroxylamine groups is 2. The molecule has 0 bridgehead atoms. The summed E-state index contributed by atoms with van der Waals surface area (Å²) in [6.45, 7) is 0.248. The summed E-state index contributed by atoms with van der Waals surface area (Å²) in [7, 11) is 0. The van der Waals surface area contributed by atoms with E-state index in [4.69, 9.17) is 32.8 Å². The molecule has 2 heterocycles. The average molecular weight is 637 g/mol. The molecule has 2 aliphatic rings. The van der Waals surface area contributed by atoms with Crippen LogP contribution in [0.5, 0.6) is 0 Å². The molecule has 1 saturated heterocycles. The molecule has 0 radical (unpaired) electrons. The van der Waals surface area contributed by atoms with Crippen LogP contribution in [0.4, 0.5) is 18.9 Å². The zero-order chi connectivity index (χ0) is 30.8. The first-order valence-corrected chi connectivity index (χ1v) is 14.2. The Kier molecular flexibility index (Phi) is 9.10. The van der Waals surface area contributed by atoms with Gasteiger partial charge in [0.2, 0.25) is 0 Å². The fourth-order valence-electron chi connectivity index (χ4n) is 5.26. The number of hydrogen-bond donors (Lipinski definition) is 1. The van der Waals surface area contributed by atoms with Gasteiger partial charge in [-0.3, -0.25) is 4.79 Å². The molecule has 226 valence electrons. The van der Waals surface area contributed by atoms with Crippen LogP contribution >= 0.6 is 23.2 Å². The summed E-state index contributed by atoms with van der Waals surface area (Å²) >= 11 is 12.3. The Labute approximate surface area is 255 Å². The second kappa shape index (κ2) is 12.6. The number of hydrogen-bond acceptors (Lipinski definition) is 6. The highest BCUT2D eigenvalue weighted by Gasteiger charge is 2.60. The lowest BCUT2D eigenvalue weighted by molar-refractivity contribution is -0.268. The third-order valence-electron chi connectivity index (χ3n) is 7.32. The summed E-state index contributed by atoms with van der Waals surface area (Å²) in [5.41, 5.74) is 0.574. The molecule has 13 heteroatoms. The van der Waals surface area contributed by atoms with Crippen molar-refractivity contribution in [3.8, 4) is 0 Å². The molecule has 3 aromatic rings. The molecule has 0 aromatic heterocycles. The largest absolute Gasteiger partial charge is 0.497 e. The monoisotopic (exact) mass is 636 g/mol. The molecule has 2 unspecified atom stereocenters. The molecule has 43 heavy (non-hydrogen) atoms. The predicted molar refractivity (Wildman–Crippen MR) is 153 cm³/mol. The Morgan fingerprint density at radius 2 is 1.58 bits per heavy atom. The molecule has 5 rings (SSSR count). The van der Waals surface area contributed by atoms with E-state index in [2.05, 4.69) is 5.32 Å². The number of piperidine rings is 1. The molecule has 2 atom stereocenters. The van der Waals surface area contributed by atoms with E-state index in [0.717, 1.165) is 0 Å². The quantitative estimate of drug-likeness (QED) is 0.336. The van der Waals surface area contributed by atoms with Gasteiger partial charge in [-0.15, -0.1) is 0 Å². The van der Waals surface area contributed by atoms with E-state index in [9.17, 15) is 27.6 Å². The minimum Gasteiger partial charge on any atom is -0.320 e. The maximum absolute atomic E-state index is 14.5. The molecule has 2 amide bonds. The van der Waals surface area contributed by atoms with Crippen LogP contribution in [0.2, 0.25) is 10.0 Å². The van der Waals surface area contributed by atoms with E-state index in [-0.39, 0.29) is 33.9 Å². The summed E-state index contributed by atoms with van der Waals surface area (Å²) in [4.78, 5) is 47.3. The molecule has 3 aromatic carbocycles. The van der Waals surface area contributed by atoms with E-state index in [1.165, 1.54) is 47.4 Å². The molecule has 0 aliphatic carbocycles. The van der Waals surface area contributed by atoms with Crippen molar-refractivity contribution in [3.63, 3.8) is 0 Å². The predicted octanol–water partition coefficient (Wildman–Crippen LogP) is 5.97. The highest BCUT2D eigenvalue weighted by atomic mass is 35.5. The smallest absolute Gasteiger partial charge is 0.320 e. The van der Waals surface area contributed by atoms with Gasteiger partial charge in [0.05, 0.1) is 12.6 Å². The number of ether oxygens (including phenoxy) is 1. The van der Waals surface area contributed by atoms with Gasteiger partial charge >= 0.3 is 18.1 Å². The van der Waals surface area contributed by atoms with Crippen molar-refractivity contribution in [3.05, 3.63) is 99.5 Å². The lowest BCUT2D eigenvalue weighted by Crippen LogP contribution is -2.62. The Balaban J connectivity index is 1.72. The Bertz CT molecular complexity index is 1500. The van der Waals surface area contributed by atoms with Crippen LogP contribution in [0, 0.1) is 0 Å². The number of nitrogens with one attached hydrogen (secondary N) is 1. The molecule has 0 spiro atoms. The lowest BCUT2D eigenvalue weighted by Gasteiger charge is -2.39. The van der Waals surface area contributed by atoms with Crippen molar-refractivity contribution in [1.29, 1.82) is 0 Å². The standard InChI is InChI=1S/C30H27Cl2F3N3O5/c31-22-9-6-19(7-10-22)27(40)37-17-21-8-11-23(32)16-25(21)38(26(39)18-37,43-29(41)30(33,34)35)28(20-4-2-1-3-5-20)42-24-12-14-36-15-13-24/h1-11,16,24,28,36H,12-15,17-18H2/q+1. The highest BCUT2D eigenvalue weighted by Crippen LogP contribution is 2.45. The number of carbonyl (C=O) groups excluding carboxylic acids is 3. The minimum atomic E-state index is -5.45. The second-order valence-corrected chi connectivity index (χ2v) is 11.1. The molecule has 1 N–H and O–H groups in total. The van der Waals surface area contributed by atoms with E-state index in [1.807, 2.05) is 0 Å². The number of nitrogens with zero attached hydrogens (tertiary/aromatic N) is 2. The van der Waals surface area contributed by atoms with Crippen LogP contribution < -0.4 is 9.96 Å². The van der Waals surface area contributed by atoms with Gasteiger partial charge < -0.3 is 15.0 Å².